The zero-order valence-electron chi connectivity index (χ0n) is 9.47. The summed E-state index contributed by atoms with van der Waals surface area (Å²) < 4.78 is 5.41. The number of rotatable bonds is 6. The highest BCUT2D eigenvalue weighted by atomic mass is 32.2. The van der Waals surface area contributed by atoms with Crippen LogP contribution < -0.4 is 0 Å². The van der Waals surface area contributed by atoms with Crippen LogP contribution in [0.5, 0.6) is 0 Å². The van der Waals surface area contributed by atoms with Gasteiger partial charge in [0.2, 0.25) is 0 Å². The third-order valence-corrected chi connectivity index (χ3v) is 2.88. The van der Waals surface area contributed by atoms with Crippen molar-refractivity contribution in [3.05, 3.63) is 29.8 Å². The molecule has 0 aromatic heterocycles. The summed E-state index contributed by atoms with van der Waals surface area (Å²) in [5, 5.41) is 8.72. The summed E-state index contributed by atoms with van der Waals surface area (Å²) in [6.07, 6.45) is 0.259. The maximum Gasteiger partial charge on any atom is 0.335 e. The van der Waals surface area contributed by atoms with Gasteiger partial charge in [0.05, 0.1) is 18.3 Å². The summed E-state index contributed by atoms with van der Waals surface area (Å²) in [7, 11) is 0. The van der Waals surface area contributed by atoms with Gasteiger partial charge in [-0.25, -0.2) is 4.79 Å². The summed E-state index contributed by atoms with van der Waals surface area (Å²) in [5.41, 5.74) is 0.322. The molecule has 0 atom stereocenters. The lowest BCUT2D eigenvalue weighted by Crippen LogP contribution is -2.05. The van der Waals surface area contributed by atoms with Gasteiger partial charge in [-0.3, -0.25) is 0 Å². The van der Waals surface area contributed by atoms with Crippen LogP contribution in [0.25, 0.3) is 0 Å². The molecule has 3 nitrogen and oxygen atoms in total. The molecule has 0 aliphatic rings. The van der Waals surface area contributed by atoms with Crippen LogP contribution in [-0.4, -0.2) is 29.5 Å². The maximum atomic E-state index is 10.6. The molecule has 0 saturated carbocycles. The molecule has 1 N–H and O–H groups in total. The molecule has 0 fully saturated rings. The normalized spacial score (nSPS) is 10.7. The Bertz CT molecular complexity index is 333. The largest absolute Gasteiger partial charge is 0.478 e. The van der Waals surface area contributed by atoms with Crippen molar-refractivity contribution in [1.29, 1.82) is 0 Å². The number of benzene rings is 1. The van der Waals surface area contributed by atoms with Crippen LogP contribution in [0.4, 0.5) is 0 Å². The summed E-state index contributed by atoms with van der Waals surface area (Å²) in [5.74, 6) is -0.00961. The van der Waals surface area contributed by atoms with E-state index in [0.29, 0.717) is 12.2 Å². The quantitative estimate of drug-likeness (QED) is 0.613. The molecule has 1 aromatic carbocycles. The van der Waals surface area contributed by atoms with Crippen molar-refractivity contribution < 1.29 is 14.6 Å². The summed E-state index contributed by atoms with van der Waals surface area (Å²) >= 11 is 1.66. The molecule has 0 unspecified atom stereocenters. The number of ether oxygens (including phenoxy) is 1. The highest BCUT2D eigenvalue weighted by Gasteiger charge is 2.01. The Morgan fingerprint density at radius 2 is 2.00 bits per heavy atom. The molecule has 0 bridgehead atoms. The molecular weight excluding hydrogens is 224 g/mol. The van der Waals surface area contributed by atoms with E-state index in [9.17, 15) is 4.79 Å². The molecule has 0 aliphatic heterocycles. The van der Waals surface area contributed by atoms with E-state index in [1.165, 1.54) is 0 Å². The van der Waals surface area contributed by atoms with E-state index in [0.717, 1.165) is 10.6 Å². The average Bonchev–Trinajstić information content (AvgIpc) is 2.25. The van der Waals surface area contributed by atoms with Crippen LogP contribution in [0.15, 0.2) is 29.2 Å². The lowest BCUT2D eigenvalue weighted by atomic mass is 10.2. The molecule has 0 aliphatic carbocycles. The van der Waals surface area contributed by atoms with Crippen molar-refractivity contribution in [1.82, 2.24) is 0 Å². The Morgan fingerprint density at radius 1 is 1.38 bits per heavy atom. The fraction of sp³-hybridized carbons (Fsp3) is 0.417. The minimum Gasteiger partial charge on any atom is -0.478 e. The van der Waals surface area contributed by atoms with Crippen LogP contribution in [0.1, 0.15) is 24.2 Å². The van der Waals surface area contributed by atoms with Crippen LogP contribution in [0.2, 0.25) is 0 Å². The highest BCUT2D eigenvalue weighted by molar-refractivity contribution is 7.99. The Labute approximate surface area is 99.8 Å². The van der Waals surface area contributed by atoms with E-state index in [2.05, 4.69) is 0 Å². The molecule has 0 heterocycles. The number of thioether (sulfide) groups is 1. The number of aromatic carboxylic acids is 1. The molecule has 1 rings (SSSR count). The van der Waals surface area contributed by atoms with Gasteiger partial charge in [0.1, 0.15) is 0 Å². The first kappa shape index (κ1) is 13.1. The Morgan fingerprint density at radius 3 is 2.50 bits per heavy atom. The van der Waals surface area contributed by atoms with Gasteiger partial charge in [-0.05, 0) is 38.1 Å². The lowest BCUT2D eigenvalue weighted by Gasteiger charge is -2.06. The number of hydrogen-bond acceptors (Lipinski definition) is 3. The topological polar surface area (TPSA) is 46.5 Å². The van der Waals surface area contributed by atoms with E-state index in [-0.39, 0.29) is 6.10 Å². The minimum atomic E-state index is -0.889. The molecular formula is C12H16O3S. The Balaban J connectivity index is 2.35. The van der Waals surface area contributed by atoms with E-state index in [1.807, 2.05) is 26.0 Å². The molecule has 0 radical (unpaired) electrons. The van der Waals surface area contributed by atoms with Crippen LogP contribution >= 0.6 is 11.8 Å². The van der Waals surface area contributed by atoms with Crippen molar-refractivity contribution >= 4 is 17.7 Å². The first-order valence-corrected chi connectivity index (χ1v) is 6.16. The smallest absolute Gasteiger partial charge is 0.335 e. The first-order chi connectivity index (χ1) is 7.59. The first-order valence-electron chi connectivity index (χ1n) is 5.17. The Kier molecular flexibility index (Phi) is 5.35. The lowest BCUT2D eigenvalue weighted by molar-refractivity contribution is 0.0696. The number of carboxylic acids is 1. The second-order valence-corrected chi connectivity index (χ2v) is 4.77. The second-order valence-electron chi connectivity index (χ2n) is 3.60. The average molecular weight is 240 g/mol. The van der Waals surface area contributed by atoms with Gasteiger partial charge in [-0.1, -0.05) is 0 Å². The van der Waals surface area contributed by atoms with Gasteiger partial charge >= 0.3 is 5.97 Å². The van der Waals surface area contributed by atoms with Crippen molar-refractivity contribution in [2.45, 2.75) is 24.8 Å². The third-order valence-electron chi connectivity index (χ3n) is 1.90. The van der Waals surface area contributed by atoms with Gasteiger partial charge in [-0.15, -0.1) is 11.8 Å². The van der Waals surface area contributed by atoms with Gasteiger partial charge < -0.3 is 9.84 Å². The number of hydrogen-bond donors (Lipinski definition) is 1. The molecule has 0 spiro atoms. The zero-order chi connectivity index (χ0) is 12.0. The van der Waals surface area contributed by atoms with Crippen LogP contribution in [-0.2, 0) is 4.74 Å². The van der Waals surface area contributed by atoms with Gasteiger partial charge in [0, 0.05) is 10.6 Å². The van der Waals surface area contributed by atoms with Gasteiger partial charge in [0.25, 0.3) is 0 Å². The van der Waals surface area contributed by atoms with E-state index >= 15 is 0 Å². The zero-order valence-corrected chi connectivity index (χ0v) is 10.3. The third kappa shape index (κ3) is 4.68. The highest BCUT2D eigenvalue weighted by Crippen LogP contribution is 2.18. The van der Waals surface area contributed by atoms with E-state index in [1.54, 1.807) is 23.9 Å². The molecule has 0 amide bonds. The molecule has 1 aromatic rings. The molecule has 4 heteroatoms. The SMILES string of the molecule is CC(C)OCCSc1ccc(C(=O)O)cc1. The van der Waals surface area contributed by atoms with Crippen LogP contribution in [0.3, 0.4) is 0 Å². The summed E-state index contributed by atoms with van der Waals surface area (Å²) in [6, 6.07) is 6.88. The summed E-state index contributed by atoms with van der Waals surface area (Å²) in [4.78, 5) is 11.7. The minimum absolute atomic E-state index is 0.259. The fourth-order valence-corrected chi connectivity index (χ4v) is 1.88. The van der Waals surface area contributed by atoms with Gasteiger partial charge in [0.15, 0.2) is 0 Å². The van der Waals surface area contributed by atoms with Crippen molar-refractivity contribution in [3.8, 4) is 0 Å². The van der Waals surface area contributed by atoms with Crippen molar-refractivity contribution in [2.75, 3.05) is 12.4 Å². The summed E-state index contributed by atoms with van der Waals surface area (Å²) in [6.45, 7) is 4.72. The van der Waals surface area contributed by atoms with Crippen molar-refractivity contribution in [3.63, 3.8) is 0 Å². The number of carboxylic acid groups (broad SMARTS) is 1. The molecule has 16 heavy (non-hydrogen) atoms. The maximum absolute atomic E-state index is 10.6. The van der Waals surface area contributed by atoms with E-state index in [4.69, 9.17) is 9.84 Å². The molecule has 88 valence electrons. The van der Waals surface area contributed by atoms with Crippen molar-refractivity contribution in [2.24, 2.45) is 0 Å². The van der Waals surface area contributed by atoms with Crippen LogP contribution in [0, 0.1) is 0 Å². The van der Waals surface area contributed by atoms with E-state index < -0.39 is 5.97 Å². The monoisotopic (exact) mass is 240 g/mol. The van der Waals surface area contributed by atoms with Gasteiger partial charge in [-0.2, -0.15) is 0 Å². The number of carbonyl (C=O) groups is 1. The Hall–Kier alpha value is -1.00. The second kappa shape index (κ2) is 6.55. The molecule has 0 saturated heterocycles. The standard InChI is InChI=1S/C12H16O3S/c1-9(2)15-7-8-16-11-5-3-10(4-6-11)12(13)14/h3-6,9H,7-8H2,1-2H3,(H,13,14). The predicted molar refractivity (Wildman–Crippen MR) is 65.2 cm³/mol. The fourth-order valence-electron chi connectivity index (χ4n) is 1.14. The predicted octanol–water partition coefficient (Wildman–Crippen LogP) is 2.90.